The van der Waals surface area contributed by atoms with E-state index >= 15 is 0 Å². The van der Waals surface area contributed by atoms with Gasteiger partial charge < -0.3 is 14.8 Å². The second kappa shape index (κ2) is 4.74. The number of hydrogen-bond donors (Lipinski definition) is 2. The first-order valence-corrected chi connectivity index (χ1v) is 5.30. The van der Waals surface area contributed by atoms with Crippen LogP contribution >= 0.6 is 0 Å². The standard InChI is InChI=1S/C13H13NO3/c15-11-5-3-10(4-6-11)12(9-13(16)17)14-7-1-2-8-14/h1-8,12,15H,9H2,(H,16,17)/t12-/m1/s1. The van der Waals surface area contributed by atoms with Gasteiger partial charge in [-0.2, -0.15) is 0 Å². The van der Waals surface area contributed by atoms with Gasteiger partial charge in [-0.15, -0.1) is 0 Å². The Morgan fingerprint density at radius 2 is 1.76 bits per heavy atom. The molecule has 0 spiro atoms. The highest BCUT2D eigenvalue weighted by Crippen LogP contribution is 2.24. The normalized spacial score (nSPS) is 12.2. The Kier molecular flexibility index (Phi) is 3.14. The molecule has 0 amide bonds. The van der Waals surface area contributed by atoms with Gasteiger partial charge in [0.15, 0.2) is 0 Å². The number of aliphatic carboxylic acids is 1. The van der Waals surface area contributed by atoms with Crippen molar-refractivity contribution < 1.29 is 15.0 Å². The topological polar surface area (TPSA) is 62.5 Å². The van der Waals surface area contributed by atoms with Crippen molar-refractivity contribution in [3.05, 3.63) is 54.4 Å². The summed E-state index contributed by atoms with van der Waals surface area (Å²) in [5.74, 6) is -0.674. The van der Waals surface area contributed by atoms with Crippen LogP contribution in [0.3, 0.4) is 0 Å². The molecule has 1 aromatic carbocycles. The zero-order valence-electron chi connectivity index (χ0n) is 9.15. The van der Waals surface area contributed by atoms with Crippen molar-refractivity contribution in [1.29, 1.82) is 0 Å². The Morgan fingerprint density at radius 1 is 1.18 bits per heavy atom. The number of rotatable bonds is 4. The zero-order chi connectivity index (χ0) is 12.3. The van der Waals surface area contributed by atoms with Gasteiger partial charge in [0, 0.05) is 12.4 Å². The van der Waals surface area contributed by atoms with Gasteiger partial charge in [-0.05, 0) is 29.8 Å². The molecule has 0 fully saturated rings. The van der Waals surface area contributed by atoms with Crippen LogP contribution in [0.2, 0.25) is 0 Å². The fourth-order valence-electron chi connectivity index (χ4n) is 1.81. The highest BCUT2D eigenvalue weighted by Gasteiger charge is 2.16. The fraction of sp³-hybridized carbons (Fsp3) is 0.154. The van der Waals surface area contributed by atoms with E-state index in [4.69, 9.17) is 5.11 Å². The lowest BCUT2D eigenvalue weighted by atomic mass is 10.0. The summed E-state index contributed by atoms with van der Waals surface area (Å²) in [6.45, 7) is 0. The molecular formula is C13H13NO3. The molecule has 0 aliphatic heterocycles. The van der Waals surface area contributed by atoms with Crippen molar-refractivity contribution in [3.8, 4) is 5.75 Å². The van der Waals surface area contributed by atoms with Crippen LogP contribution in [0.4, 0.5) is 0 Å². The molecule has 0 saturated carbocycles. The smallest absolute Gasteiger partial charge is 0.305 e. The summed E-state index contributed by atoms with van der Waals surface area (Å²) in [5, 5.41) is 18.2. The first-order chi connectivity index (χ1) is 8.16. The molecular weight excluding hydrogens is 218 g/mol. The van der Waals surface area contributed by atoms with Gasteiger partial charge in [0.25, 0.3) is 0 Å². The lowest BCUT2D eigenvalue weighted by Gasteiger charge is -2.17. The number of carbonyl (C=O) groups is 1. The molecule has 4 heteroatoms. The van der Waals surface area contributed by atoms with E-state index in [-0.39, 0.29) is 18.2 Å². The predicted octanol–water partition coefficient (Wildman–Crippen LogP) is 2.26. The lowest BCUT2D eigenvalue weighted by molar-refractivity contribution is -0.137. The third-order valence-electron chi connectivity index (χ3n) is 2.63. The lowest BCUT2D eigenvalue weighted by Crippen LogP contribution is -2.13. The average molecular weight is 231 g/mol. The van der Waals surface area contributed by atoms with Crippen molar-refractivity contribution >= 4 is 5.97 Å². The Bertz CT molecular complexity index is 488. The number of nitrogens with zero attached hydrogens (tertiary/aromatic N) is 1. The molecule has 1 aromatic heterocycles. The number of aromatic hydroxyl groups is 1. The van der Waals surface area contributed by atoms with Gasteiger partial charge >= 0.3 is 5.97 Å². The van der Waals surface area contributed by atoms with E-state index in [9.17, 15) is 9.90 Å². The van der Waals surface area contributed by atoms with E-state index in [2.05, 4.69) is 0 Å². The highest BCUT2D eigenvalue weighted by molar-refractivity contribution is 5.68. The quantitative estimate of drug-likeness (QED) is 0.848. The summed E-state index contributed by atoms with van der Waals surface area (Å²) in [6, 6.07) is 10.1. The molecule has 0 unspecified atom stereocenters. The molecule has 1 atom stereocenters. The third-order valence-corrected chi connectivity index (χ3v) is 2.63. The summed E-state index contributed by atoms with van der Waals surface area (Å²) >= 11 is 0. The fourth-order valence-corrected chi connectivity index (χ4v) is 1.81. The predicted molar refractivity (Wildman–Crippen MR) is 62.9 cm³/mol. The molecule has 4 nitrogen and oxygen atoms in total. The minimum absolute atomic E-state index is 0.0133. The molecule has 88 valence electrons. The Morgan fingerprint density at radius 3 is 2.29 bits per heavy atom. The number of benzene rings is 1. The van der Waals surface area contributed by atoms with E-state index in [1.807, 2.05) is 29.1 Å². The number of aromatic nitrogens is 1. The maximum absolute atomic E-state index is 10.9. The summed E-state index contributed by atoms with van der Waals surface area (Å²) in [7, 11) is 0. The Balaban J connectivity index is 2.33. The third kappa shape index (κ3) is 2.66. The van der Waals surface area contributed by atoms with E-state index in [0.29, 0.717) is 0 Å². The molecule has 2 aromatic rings. The molecule has 0 bridgehead atoms. The minimum atomic E-state index is -0.850. The van der Waals surface area contributed by atoms with Gasteiger partial charge in [-0.25, -0.2) is 0 Å². The van der Waals surface area contributed by atoms with Crippen molar-refractivity contribution in [2.45, 2.75) is 12.5 Å². The number of carboxylic acids is 1. The molecule has 0 aliphatic rings. The molecule has 0 saturated heterocycles. The number of carboxylic acid groups (broad SMARTS) is 1. The summed E-state index contributed by atoms with van der Waals surface area (Å²) in [5.41, 5.74) is 0.862. The first kappa shape index (κ1) is 11.3. The number of hydrogen-bond acceptors (Lipinski definition) is 2. The van der Waals surface area contributed by atoms with Crippen LogP contribution in [0.5, 0.6) is 5.75 Å². The van der Waals surface area contributed by atoms with Crippen LogP contribution in [0.1, 0.15) is 18.0 Å². The molecule has 17 heavy (non-hydrogen) atoms. The minimum Gasteiger partial charge on any atom is -0.508 e. The van der Waals surface area contributed by atoms with E-state index in [1.165, 1.54) is 0 Å². The zero-order valence-corrected chi connectivity index (χ0v) is 9.15. The Labute approximate surface area is 98.8 Å². The van der Waals surface area contributed by atoms with Gasteiger partial charge in [-0.1, -0.05) is 12.1 Å². The van der Waals surface area contributed by atoms with Crippen molar-refractivity contribution in [1.82, 2.24) is 4.57 Å². The van der Waals surface area contributed by atoms with Crippen LogP contribution in [0.25, 0.3) is 0 Å². The van der Waals surface area contributed by atoms with Crippen LogP contribution in [0, 0.1) is 0 Å². The summed E-state index contributed by atoms with van der Waals surface area (Å²) in [6.07, 6.45) is 3.68. The number of phenols is 1. The molecule has 2 rings (SSSR count). The summed E-state index contributed by atoms with van der Waals surface area (Å²) < 4.78 is 1.85. The van der Waals surface area contributed by atoms with E-state index < -0.39 is 5.97 Å². The Hall–Kier alpha value is -2.23. The van der Waals surface area contributed by atoms with Crippen molar-refractivity contribution in [2.75, 3.05) is 0 Å². The van der Waals surface area contributed by atoms with Gasteiger partial charge in [0.1, 0.15) is 5.75 Å². The monoisotopic (exact) mass is 231 g/mol. The van der Waals surface area contributed by atoms with Crippen LogP contribution < -0.4 is 0 Å². The van der Waals surface area contributed by atoms with Crippen LogP contribution in [-0.4, -0.2) is 20.7 Å². The molecule has 1 heterocycles. The maximum Gasteiger partial charge on any atom is 0.305 e. The van der Waals surface area contributed by atoms with Crippen molar-refractivity contribution in [2.24, 2.45) is 0 Å². The largest absolute Gasteiger partial charge is 0.508 e. The van der Waals surface area contributed by atoms with Gasteiger partial charge in [0.2, 0.25) is 0 Å². The average Bonchev–Trinajstić information content (AvgIpc) is 2.80. The van der Waals surface area contributed by atoms with Crippen molar-refractivity contribution in [3.63, 3.8) is 0 Å². The molecule has 0 radical (unpaired) electrons. The first-order valence-electron chi connectivity index (χ1n) is 5.30. The molecule has 0 aliphatic carbocycles. The summed E-state index contributed by atoms with van der Waals surface area (Å²) in [4.78, 5) is 10.9. The van der Waals surface area contributed by atoms with Crippen LogP contribution in [-0.2, 0) is 4.79 Å². The van der Waals surface area contributed by atoms with E-state index in [1.54, 1.807) is 24.3 Å². The second-order valence-electron chi connectivity index (χ2n) is 3.84. The van der Waals surface area contributed by atoms with E-state index in [0.717, 1.165) is 5.56 Å². The molecule has 2 N–H and O–H groups in total. The van der Waals surface area contributed by atoms with Gasteiger partial charge in [-0.3, -0.25) is 4.79 Å². The highest BCUT2D eigenvalue weighted by atomic mass is 16.4. The van der Waals surface area contributed by atoms with Crippen LogP contribution in [0.15, 0.2) is 48.8 Å². The second-order valence-corrected chi connectivity index (χ2v) is 3.84. The SMILES string of the molecule is O=C(O)C[C@H](c1ccc(O)cc1)n1cccc1. The maximum atomic E-state index is 10.9. The van der Waals surface area contributed by atoms with Gasteiger partial charge in [0.05, 0.1) is 12.5 Å². The number of phenolic OH excluding ortho intramolecular Hbond substituents is 1.